The lowest BCUT2D eigenvalue weighted by atomic mass is 10.1. The molecule has 0 aliphatic carbocycles. The monoisotopic (exact) mass is 242 g/mol. The van der Waals surface area contributed by atoms with Crippen LogP contribution in [0, 0.1) is 0 Å². The minimum absolute atomic E-state index is 0.00977. The van der Waals surface area contributed by atoms with Crippen LogP contribution in [-0.2, 0) is 9.59 Å². The molecule has 1 aliphatic rings. The fourth-order valence-corrected chi connectivity index (χ4v) is 1.93. The Morgan fingerprint density at radius 1 is 1.35 bits per heavy atom. The van der Waals surface area contributed by atoms with E-state index >= 15 is 0 Å². The lowest BCUT2D eigenvalue weighted by Crippen LogP contribution is -2.47. The number of hydrogen-bond acceptors (Lipinski definition) is 4. The van der Waals surface area contributed by atoms with E-state index in [1.54, 1.807) is 0 Å². The van der Waals surface area contributed by atoms with Gasteiger partial charge in [-0.2, -0.15) is 0 Å². The van der Waals surface area contributed by atoms with Gasteiger partial charge in [-0.25, -0.2) is 0 Å². The van der Waals surface area contributed by atoms with Crippen LogP contribution in [0.4, 0.5) is 0 Å². The Morgan fingerprint density at radius 3 is 2.71 bits per heavy atom. The number of nitrogens with one attached hydrogen (secondary N) is 2. The second kappa shape index (κ2) is 7.24. The average molecular weight is 242 g/mol. The Bertz CT molecular complexity index is 270. The molecule has 0 aromatic heterocycles. The quantitative estimate of drug-likeness (QED) is 0.521. The molecule has 0 radical (unpaired) electrons. The van der Waals surface area contributed by atoms with Crippen molar-refractivity contribution >= 4 is 11.8 Å². The SMILES string of the molecule is CC(=O)NCCNC(=O)CN1CCC[C@@H](N)C1. The first-order chi connectivity index (χ1) is 8.08. The smallest absolute Gasteiger partial charge is 0.234 e. The summed E-state index contributed by atoms with van der Waals surface area (Å²) in [4.78, 5) is 24.2. The minimum atomic E-state index is -0.0822. The van der Waals surface area contributed by atoms with Crippen molar-refractivity contribution in [2.45, 2.75) is 25.8 Å². The molecule has 0 spiro atoms. The highest BCUT2D eigenvalue weighted by Crippen LogP contribution is 2.06. The maximum Gasteiger partial charge on any atom is 0.234 e. The van der Waals surface area contributed by atoms with Crippen LogP contribution < -0.4 is 16.4 Å². The predicted octanol–water partition coefficient (Wildman–Crippen LogP) is -1.34. The molecule has 1 heterocycles. The van der Waals surface area contributed by atoms with E-state index in [9.17, 15) is 9.59 Å². The molecular weight excluding hydrogens is 220 g/mol. The van der Waals surface area contributed by atoms with Gasteiger partial charge in [0.2, 0.25) is 11.8 Å². The largest absolute Gasteiger partial charge is 0.355 e. The number of carbonyl (C=O) groups is 2. The lowest BCUT2D eigenvalue weighted by Gasteiger charge is -2.29. The molecule has 6 heteroatoms. The van der Waals surface area contributed by atoms with Crippen molar-refractivity contribution in [3.8, 4) is 0 Å². The van der Waals surface area contributed by atoms with E-state index in [0.29, 0.717) is 19.6 Å². The Balaban J connectivity index is 2.09. The Hall–Kier alpha value is -1.14. The lowest BCUT2D eigenvalue weighted by molar-refractivity contribution is -0.123. The van der Waals surface area contributed by atoms with Gasteiger partial charge in [-0.3, -0.25) is 14.5 Å². The third-order valence-corrected chi connectivity index (χ3v) is 2.73. The summed E-state index contributed by atoms with van der Waals surface area (Å²) in [5.41, 5.74) is 5.83. The van der Waals surface area contributed by atoms with E-state index in [-0.39, 0.29) is 17.9 Å². The molecule has 0 bridgehead atoms. The first-order valence-electron chi connectivity index (χ1n) is 6.07. The molecule has 1 rings (SSSR count). The van der Waals surface area contributed by atoms with Crippen molar-refractivity contribution in [3.05, 3.63) is 0 Å². The van der Waals surface area contributed by atoms with Crippen LogP contribution in [0.15, 0.2) is 0 Å². The van der Waals surface area contributed by atoms with Crippen LogP contribution >= 0.6 is 0 Å². The van der Waals surface area contributed by atoms with E-state index in [1.807, 2.05) is 0 Å². The summed E-state index contributed by atoms with van der Waals surface area (Å²) in [7, 11) is 0. The van der Waals surface area contributed by atoms with Gasteiger partial charge in [0, 0.05) is 32.6 Å². The minimum Gasteiger partial charge on any atom is -0.355 e. The molecule has 1 fully saturated rings. The molecule has 4 N–H and O–H groups in total. The van der Waals surface area contributed by atoms with Crippen molar-refractivity contribution in [2.75, 3.05) is 32.7 Å². The van der Waals surface area contributed by atoms with Crippen LogP contribution in [0.25, 0.3) is 0 Å². The highest BCUT2D eigenvalue weighted by Gasteiger charge is 2.18. The van der Waals surface area contributed by atoms with Crippen LogP contribution in [-0.4, -0.2) is 55.5 Å². The molecule has 2 amide bonds. The van der Waals surface area contributed by atoms with Crippen molar-refractivity contribution in [3.63, 3.8) is 0 Å². The van der Waals surface area contributed by atoms with Gasteiger partial charge in [0.15, 0.2) is 0 Å². The van der Waals surface area contributed by atoms with Gasteiger partial charge in [0.1, 0.15) is 0 Å². The molecule has 0 aromatic rings. The molecule has 1 saturated heterocycles. The summed E-state index contributed by atoms with van der Waals surface area (Å²) >= 11 is 0. The van der Waals surface area contributed by atoms with Crippen molar-refractivity contribution < 1.29 is 9.59 Å². The van der Waals surface area contributed by atoms with Crippen molar-refractivity contribution in [1.82, 2.24) is 15.5 Å². The van der Waals surface area contributed by atoms with Gasteiger partial charge >= 0.3 is 0 Å². The Labute approximate surface area is 102 Å². The van der Waals surface area contributed by atoms with Gasteiger partial charge in [-0.05, 0) is 19.4 Å². The van der Waals surface area contributed by atoms with E-state index in [0.717, 1.165) is 25.9 Å². The summed E-state index contributed by atoms with van der Waals surface area (Å²) in [6.45, 7) is 4.52. The zero-order valence-corrected chi connectivity index (χ0v) is 10.4. The van der Waals surface area contributed by atoms with Crippen LogP contribution in [0.5, 0.6) is 0 Å². The van der Waals surface area contributed by atoms with Crippen LogP contribution in [0.2, 0.25) is 0 Å². The zero-order chi connectivity index (χ0) is 12.7. The number of carbonyl (C=O) groups excluding carboxylic acids is 2. The second-order valence-electron chi connectivity index (χ2n) is 4.47. The van der Waals surface area contributed by atoms with E-state index in [4.69, 9.17) is 5.73 Å². The Morgan fingerprint density at radius 2 is 2.06 bits per heavy atom. The molecule has 0 saturated carbocycles. The normalized spacial score (nSPS) is 20.9. The number of nitrogens with two attached hydrogens (primary N) is 1. The first kappa shape index (κ1) is 13.9. The number of piperidine rings is 1. The summed E-state index contributed by atoms with van der Waals surface area (Å²) in [6, 6.07) is 0.191. The van der Waals surface area contributed by atoms with Gasteiger partial charge in [0.05, 0.1) is 6.54 Å². The third kappa shape index (κ3) is 6.23. The summed E-state index contributed by atoms with van der Waals surface area (Å²) in [5.74, 6) is -0.0919. The topological polar surface area (TPSA) is 87.5 Å². The second-order valence-corrected chi connectivity index (χ2v) is 4.47. The summed E-state index contributed by atoms with van der Waals surface area (Å²) in [6.07, 6.45) is 2.10. The number of rotatable bonds is 5. The molecule has 0 aromatic carbocycles. The highest BCUT2D eigenvalue weighted by atomic mass is 16.2. The number of nitrogens with zero attached hydrogens (tertiary/aromatic N) is 1. The summed E-state index contributed by atoms with van der Waals surface area (Å²) in [5, 5.41) is 5.39. The third-order valence-electron chi connectivity index (χ3n) is 2.73. The zero-order valence-electron chi connectivity index (χ0n) is 10.4. The van der Waals surface area contributed by atoms with Crippen LogP contribution in [0.1, 0.15) is 19.8 Å². The van der Waals surface area contributed by atoms with Gasteiger partial charge in [-0.15, -0.1) is 0 Å². The highest BCUT2D eigenvalue weighted by molar-refractivity contribution is 5.78. The number of likely N-dealkylation sites (tertiary alicyclic amines) is 1. The fraction of sp³-hybridized carbons (Fsp3) is 0.818. The summed E-state index contributed by atoms with van der Waals surface area (Å²) < 4.78 is 0. The predicted molar refractivity (Wildman–Crippen MR) is 65.3 cm³/mol. The molecule has 17 heavy (non-hydrogen) atoms. The maximum atomic E-state index is 11.6. The van der Waals surface area contributed by atoms with E-state index in [2.05, 4.69) is 15.5 Å². The number of amides is 2. The van der Waals surface area contributed by atoms with E-state index < -0.39 is 0 Å². The molecule has 1 atom stereocenters. The van der Waals surface area contributed by atoms with E-state index in [1.165, 1.54) is 6.92 Å². The average Bonchev–Trinajstić information content (AvgIpc) is 2.24. The first-order valence-corrected chi connectivity index (χ1v) is 6.07. The van der Waals surface area contributed by atoms with Crippen LogP contribution in [0.3, 0.4) is 0 Å². The van der Waals surface area contributed by atoms with Gasteiger partial charge < -0.3 is 16.4 Å². The van der Waals surface area contributed by atoms with Crippen molar-refractivity contribution in [1.29, 1.82) is 0 Å². The maximum absolute atomic E-state index is 11.6. The standard InChI is InChI=1S/C11H22N4O2/c1-9(16)13-4-5-14-11(17)8-15-6-2-3-10(12)7-15/h10H,2-8,12H2,1H3,(H,13,16)(H,14,17)/t10-/m1/s1. The molecule has 98 valence electrons. The molecule has 0 unspecified atom stereocenters. The molecule has 1 aliphatic heterocycles. The number of hydrogen-bond donors (Lipinski definition) is 3. The molecular formula is C11H22N4O2. The van der Waals surface area contributed by atoms with Gasteiger partial charge in [0.25, 0.3) is 0 Å². The van der Waals surface area contributed by atoms with Gasteiger partial charge in [-0.1, -0.05) is 0 Å². The fourth-order valence-electron chi connectivity index (χ4n) is 1.93. The Kier molecular flexibility index (Phi) is 5.93. The molecule has 6 nitrogen and oxygen atoms in total. The van der Waals surface area contributed by atoms with Crippen molar-refractivity contribution in [2.24, 2.45) is 5.73 Å².